The second-order valence-electron chi connectivity index (χ2n) is 9.93. The Balaban J connectivity index is 1.31. The Labute approximate surface area is 221 Å². The molecular weight excluding hydrogens is 495 g/mol. The van der Waals surface area contributed by atoms with Gasteiger partial charge in [0.1, 0.15) is 11.6 Å². The minimum Gasteiger partial charge on any atom is -0.483 e. The maximum Gasteiger partial charge on any atom is 0.260 e. The summed E-state index contributed by atoms with van der Waals surface area (Å²) in [5, 5.41) is 16.6. The molecule has 0 spiro atoms. The smallest absolute Gasteiger partial charge is 0.260 e. The Bertz CT molecular complexity index is 1140. The van der Waals surface area contributed by atoms with Crippen molar-refractivity contribution in [2.75, 3.05) is 39.3 Å². The lowest BCUT2D eigenvalue weighted by molar-refractivity contribution is -0.135. The van der Waals surface area contributed by atoms with Crippen LogP contribution in [0.15, 0.2) is 42.5 Å². The fourth-order valence-corrected chi connectivity index (χ4v) is 5.14. The standard InChI is InChI=1S/C28H32ClFN4O3/c29-22-5-8-25(24(14-22)27(36)33-17-21-2-1-11-32-16-21)37-18-26(35)34-12-9-28(19-31,10-13-34)15-20-3-6-23(30)7-4-20/h3-8,14,21,32H,1-2,9-13,15-18H2,(H,33,36). The van der Waals surface area contributed by atoms with Crippen LogP contribution in [-0.4, -0.2) is 56.0 Å². The lowest BCUT2D eigenvalue weighted by atomic mass is 9.75. The third kappa shape index (κ3) is 7.21. The van der Waals surface area contributed by atoms with Crippen LogP contribution in [0.4, 0.5) is 4.39 Å². The van der Waals surface area contributed by atoms with Crippen LogP contribution in [0.1, 0.15) is 41.6 Å². The number of hydrogen-bond donors (Lipinski definition) is 2. The van der Waals surface area contributed by atoms with Crippen molar-refractivity contribution in [1.82, 2.24) is 15.5 Å². The number of halogens is 2. The van der Waals surface area contributed by atoms with Crippen molar-refractivity contribution < 1.29 is 18.7 Å². The molecule has 2 aliphatic heterocycles. The number of benzene rings is 2. The maximum atomic E-state index is 13.2. The van der Waals surface area contributed by atoms with Gasteiger partial charge in [0, 0.05) is 24.7 Å². The molecule has 4 rings (SSSR count). The first-order valence-electron chi connectivity index (χ1n) is 12.7. The van der Waals surface area contributed by atoms with Crippen LogP contribution in [0, 0.1) is 28.5 Å². The molecule has 2 aromatic rings. The monoisotopic (exact) mass is 526 g/mol. The highest BCUT2D eigenvalue weighted by Crippen LogP contribution is 2.35. The molecule has 9 heteroatoms. The van der Waals surface area contributed by atoms with Crippen molar-refractivity contribution in [3.8, 4) is 11.8 Å². The summed E-state index contributed by atoms with van der Waals surface area (Å²) in [5.41, 5.74) is 0.606. The number of hydrogen-bond acceptors (Lipinski definition) is 5. The molecule has 1 atom stereocenters. The van der Waals surface area contributed by atoms with Crippen LogP contribution in [0.5, 0.6) is 5.75 Å². The average molecular weight is 527 g/mol. The molecule has 2 heterocycles. The zero-order valence-electron chi connectivity index (χ0n) is 20.8. The number of carbonyl (C=O) groups is 2. The van der Waals surface area contributed by atoms with E-state index in [4.69, 9.17) is 16.3 Å². The first-order chi connectivity index (χ1) is 17.9. The predicted molar refractivity (Wildman–Crippen MR) is 139 cm³/mol. The van der Waals surface area contributed by atoms with E-state index in [1.54, 1.807) is 35.2 Å². The van der Waals surface area contributed by atoms with E-state index in [-0.39, 0.29) is 24.2 Å². The van der Waals surface area contributed by atoms with Crippen molar-refractivity contribution in [2.24, 2.45) is 11.3 Å². The van der Waals surface area contributed by atoms with Crippen molar-refractivity contribution in [2.45, 2.75) is 32.1 Å². The van der Waals surface area contributed by atoms with E-state index in [0.29, 0.717) is 61.2 Å². The summed E-state index contributed by atoms with van der Waals surface area (Å²) in [5.74, 6) is -0.115. The van der Waals surface area contributed by atoms with Gasteiger partial charge in [0.05, 0.1) is 17.0 Å². The van der Waals surface area contributed by atoms with E-state index in [9.17, 15) is 19.2 Å². The van der Waals surface area contributed by atoms with Crippen LogP contribution in [0.3, 0.4) is 0 Å². The summed E-state index contributed by atoms with van der Waals surface area (Å²) >= 11 is 6.13. The Morgan fingerprint density at radius 1 is 1.22 bits per heavy atom. The highest BCUT2D eigenvalue weighted by Gasteiger charge is 2.36. The van der Waals surface area contributed by atoms with Gasteiger partial charge in [-0.2, -0.15) is 5.26 Å². The summed E-state index contributed by atoms with van der Waals surface area (Å²) in [6.07, 6.45) is 3.72. The zero-order chi connectivity index (χ0) is 26.3. The van der Waals surface area contributed by atoms with Crippen molar-refractivity contribution in [3.63, 3.8) is 0 Å². The van der Waals surface area contributed by atoms with Crippen LogP contribution in [0.2, 0.25) is 5.02 Å². The van der Waals surface area contributed by atoms with Gasteiger partial charge in [0.15, 0.2) is 6.61 Å². The topological polar surface area (TPSA) is 94.5 Å². The lowest BCUT2D eigenvalue weighted by Crippen LogP contribution is -2.45. The molecule has 2 aliphatic rings. The lowest BCUT2D eigenvalue weighted by Gasteiger charge is -2.37. The highest BCUT2D eigenvalue weighted by molar-refractivity contribution is 6.31. The molecule has 7 nitrogen and oxygen atoms in total. The third-order valence-corrected chi connectivity index (χ3v) is 7.49. The third-order valence-electron chi connectivity index (χ3n) is 7.25. The molecule has 0 bridgehead atoms. The van der Waals surface area contributed by atoms with Gasteiger partial charge in [-0.25, -0.2) is 4.39 Å². The number of amides is 2. The van der Waals surface area contributed by atoms with Gasteiger partial charge in [-0.05, 0) is 87.0 Å². The number of ether oxygens (including phenoxy) is 1. The first-order valence-corrected chi connectivity index (χ1v) is 13.1. The van der Waals surface area contributed by atoms with E-state index in [2.05, 4.69) is 16.7 Å². The summed E-state index contributed by atoms with van der Waals surface area (Å²) in [6.45, 7) is 3.09. The summed E-state index contributed by atoms with van der Waals surface area (Å²) < 4.78 is 19.0. The first kappa shape index (κ1) is 26.9. The summed E-state index contributed by atoms with van der Waals surface area (Å²) in [4.78, 5) is 27.4. The van der Waals surface area contributed by atoms with E-state index in [1.165, 1.54) is 12.1 Å². The van der Waals surface area contributed by atoms with E-state index in [1.807, 2.05) is 0 Å². The van der Waals surface area contributed by atoms with E-state index >= 15 is 0 Å². The second kappa shape index (κ2) is 12.4. The molecule has 1 unspecified atom stereocenters. The molecule has 37 heavy (non-hydrogen) atoms. The number of nitrogens with zero attached hydrogens (tertiary/aromatic N) is 2. The number of nitrogens with one attached hydrogen (secondary N) is 2. The molecular formula is C28H32ClFN4O3. The molecule has 2 saturated heterocycles. The number of piperidine rings is 2. The Morgan fingerprint density at radius 2 is 1.97 bits per heavy atom. The summed E-state index contributed by atoms with van der Waals surface area (Å²) in [7, 11) is 0. The van der Waals surface area contributed by atoms with Crippen LogP contribution in [0.25, 0.3) is 0 Å². The number of nitriles is 1. The van der Waals surface area contributed by atoms with Crippen LogP contribution < -0.4 is 15.4 Å². The van der Waals surface area contributed by atoms with Gasteiger partial charge in [0.25, 0.3) is 11.8 Å². The van der Waals surface area contributed by atoms with Crippen LogP contribution in [-0.2, 0) is 11.2 Å². The molecule has 196 valence electrons. The minimum absolute atomic E-state index is 0.206. The predicted octanol–water partition coefficient (Wildman–Crippen LogP) is 3.96. The molecule has 0 aromatic heterocycles. The van der Waals surface area contributed by atoms with Crippen molar-refractivity contribution in [3.05, 3.63) is 64.4 Å². The van der Waals surface area contributed by atoms with Gasteiger partial charge in [-0.1, -0.05) is 23.7 Å². The van der Waals surface area contributed by atoms with Gasteiger partial charge >= 0.3 is 0 Å². The second-order valence-corrected chi connectivity index (χ2v) is 10.4. The molecule has 2 N–H and O–H groups in total. The fraction of sp³-hybridized carbons (Fsp3) is 0.464. The van der Waals surface area contributed by atoms with Gasteiger partial charge < -0.3 is 20.3 Å². The summed E-state index contributed by atoms with van der Waals surface area (Å²) in [6, 6.07) is 13.4. The largest absolute Gasteiger partial charge is 0.483 e. The average Bonchev–Trinajstić information content (AvgIpc) is 2.93. The maximum absolute atomic E-state index is 13.2. The minimum atomic E-state index is -0.593. The zero-order valence-corrected chi connectivity index (χ0v) is 21.5. The molecule has 0 saturated carbocycles. The highest BCUT2D eigenvalue weighted by atomic mass is 35.5. The molecule has 2 fully saturated rings. The fourth-order valence-electron chi connectivity index (χ4n) is 4.97. The number of carbonyl (C=O) groups excluding carboxylic acids is 2. The van der Waals surface area contributed by atoms with Crippen LogP contribution >= 0.6 is 11.6 Å². The molecule has 2 aromatic carbocycles. The van der Waals surface area contributed by atoms with Gasteiger partial charge in [0.2, 0.25) is 0 Å². The quantitative estimate of drug-likeness (QED) is 0.543. The molecule has 2 amide bonds. The van der Waals surface area contributed by atoms with E-state index in [0.717, 1.165) is 31.5 Å². The normalized spacial score (nSPS) is 19.1. The molecule has 0 radical (unpaired) electrons. The Kier molecular flexibility index (Phi) is 9.01. The van der Waals surface area contributed by atoms with Gasteiger partial charge in [-0.3, -0.25) is 9.59 Å². The Hall–Kier alpha value is -3.15. The van der Waals surface area contributed by atoms with Crippen molar-refractivity contribution >= 4 is 23.4 Å². The Morgan fingerprint density at radius 3 is 2.65 bits per heavy atom. The number of likely N-dealkylation sites (tertiary alicyclic amines) is 1. The SMILES string of the molecule is N#CC1(Cc2ccc(F)cc2)CCN(C(=O)COc2ccc(Cl)cc2C(=O)NCC2CCCNC2)CC1. The van der Waals surface area contributed by atoms with E-state index < -0.39 is 5.41 Å². The number of rotatable bonds is 8. The van der Waals surface area contributed by atoms with Gasteiger partial charge in [-0.15, -0.1) is 0 Å². The van der Waals surface area contributed by atoms with Crippen molar-refractivity contribution in [1.29, 1.82) is 5.26 Å². The molecule has 0 aliphatic carbocycles.